The summed E-state index contributed by atoms with van der Waals surface area (Å²) in [5.74, 6) is 1.59. The van der Waals surface area contributed by atoms with E-state index >= 15 is 0 Å². The summed E-state index contributed by atoms with van der Waals surface area (Å²) in [5.41, 5.74) is 6.62. The maximum Gasteiger partial charge on any atom is 0.149 e. The van der Waals surface area contributed by atoms with Gasteiger partial charge in [-0.05, 0) is 49.4 Å². The van der Waals surface area contributed by atoms with Crippen molar-refractivity contribution < 1.29 is 5.11 Å². The first-order valence-electron chi connectivity index (χ1n) is 11.8. The molecule has 7 rings (SSSR count). The molecule has 0 unspecified atom stereocenters. The molecule has 0 fully saturated rings. The molecule has 4 heterocycles. The van der Waals surface area contributed by atoms with Gasteiger partial charge in [-0.25, -0.2) is 9.97 Å². The quantitative estimate of drug-likeness (QED) is 0.300. The molecule has 0 aliphatic rings. The standard InChI is InChI=1S/C30H21N5O/c1-18-32-26-16-15-22(21-10-6-9-20-19-8-2-3-11-23(19)34-28(20)21)30(36)29(26)35(18)27-14-7-13-25(33-27)24-12-4-5-17-31-24/h2-17,34,36H,1H3. The Balaban J connectivity index is 1.46. The molecular formula is C30H21N5O. The molecular weight excluding hydrogens is 446 g/mol. The summed E-state index contributed by atoms with van der Waals surface area (Å²) in [4.78, 5) is 17.6. The number of phenolic OH excluding ortho intramolecular Hbond substituents is 1. The molecule has 0 spiro atoms. The minimum Gasteiger partial charge on any atom is -0.505 e. The van der Waals surface area contributed by atoms with Crippen molar-refractivity contribution in [2.24, 2.45) is 0 Å². The van der Waals surface area contributed by atoms with Crippen molar-refractivity contribution in [2.75, 3.05) is 0 Å². The maximum atomic E-state index is 11.7. The number of nitrogens with zero attached hydrogens (tertiary/aromatic N) is 4. The fraction of sp³-hybridized carbons (Fsp3) is 0.0333. The van der Waals surface area contributed by atoms with E-state index in [1.165, 1.54) is 0 Å². The van der Waals surface area contributed by atoms with Gasteiger partial charge in [0.2, 0.25) is 0 Å². The minimum absolute atomic E-state index is 0.171. The van der Waals surface area contributed by atoms with Crippen LogP contribution in [0.4, 0.5) is 0 Å². The Hall–Kier alpha value is -4.97. The number of aromatic hydroxyl groups is 1. The zero-order valence-corrected chi connectivity index (χ0v) is 19.5. The van der Waals surface area contributed by atoms with Gasteiger partial charge in [0.05, 0.1) is 22.4 Å². The lowest BCUT2D eigenvalue weighted by Gasteiger charge is -2.12. The van der Waals surface area contributed by atoms with Crippen LogP contribution in [0.3, 0.4) is 0 Å². The zero-order chi connectivity index (χ0) is 24.2. The summed E-state index contributed by atoms with van der Waals surface area (Å²) in [7, 11) is 0. The van der Waals surface area contributed by atoms with Crippen LogP contribution in [0.1, 0.15) is 5.82 Å². The molecule has 0 saturated carbocycles. The molecule has 0 radical (unpaired) electrons. The molecule has 3 aromatic carbocycles. The van der Waals surface area contributed by atoms with E-state index in [2.05, 4.69) is 28.2 Å². The number of aryl methyl sites for hydroxylation is 1. The van der Waals surface area contributed by atoms with E-state index in [4.69, 9.17) is 9.97 Å². The van der Waals surface area contributed by atoms with Gasteiger partial charge in [0.25, 0.3) is 0 Å². The van der Waals surface area contributed by atoms with Crippen molar-refractivity contribution in [1.82, 2.24) is 24.5 Å². The number of hydrogen-bond acceptors (Lipinski definition) is 4. The highest BCUT2D eigenvalue weighted by atomic mass is 16.3. The fourth-order valence-electron chi connectivity index (χ4n) is 5.07. The Kier molecular flexibility index (Phi) is 4.41. The molecule has 2 N–H and O–H groups in total. The van der Waals surface area contributed by atoms with Crippen LogP contribution >= 0.6 is 0 Å². The summed E-state index contributed by atoms with van der Waals surface area (Å²) < 4.78 is 1.91. The van der Waals surface area contributed by atoms with Gasteiger partial charge in [-0.3, -0.25) is 9.55 Å². The van der Waals surface area contributed by atoms with Crippen LogP contribution in [-0.2, 0) is 0 Å². The van der Waals surface area contributed by atoms with E-state index < -0.39 is 0 Å². The van der Waals surface area contributed by atoms with Crippen molar-refractivity contribution in [3.05, 3.63) is 103 Å². The van der Waals surface area contributed by atoms with Crippen LogP contribution in [0.15, 0.2) is 97.2 Å². The van der Waals surface area contributed by atoms with E-state index in [9.17, 15) is 5.11 Å². The predicted octanol–water partition coefficient (Wildman–Crippen LogP) is 6.80. The molecule has 0 bridgehead atoms. The van der Waals surface area contributed by atoms with Gasteiger partial charge in [0.15, 0.2) is 0 Å². The average molecular weight is 468 g/mol. The Morgan fingerprint density at radius 3 is 2.42 bits per heavy atom. The summed E-state index contributed by atoms with van der Waals surface area (Å²) in [6, 6.07) is 29.9. The predicted molar refractivity (Wildman–Crippen MR) is 143 cm³/mol. The van der Waals surface area contributed by atoms with Crippen molar-refractivity contribution in [2.45, 2.75) is 6.92 Å². The second-order valence-corrected chi connectivity index (χ2v) is 8.82. The van der Waals surface area contributed by atoms with Crippen molar-refractivity contribution in [3.8, 4) is 34.1 Å². The average Bonchev–Trinajstić information content (AvgIpc) is 3.47. The number of nitrogens with one attached hydrogen (secondary N) is 1. The van der Waals surface area contributed by atoms with Gasteiger partial charge in [-0.15, -0.1) is 0 Å². The van der Waals surface area contributed by atoms with Gasteiger partial charge in [-0.2, -0.15) is 0 Å². The molecule has 0 saturated heterocycles. The molecule has 7 aromatic rings. The number of fused-ring (bicyclic) bond motifs is 4. The zero-order valence-electron chi connectivity index (χ0n) is 19.5. The number of phenols is 1. The molecule has 4 aromatic heterocycles. The highest BCUT2D eigenvalue weighted by Crippen LogP contribution is 2.41. The smallest absolute Gasteiger partial charge is 0.149 e. The van der Waals surface area contributed by atoms with E-state index in [1.807, 2.05) is 84.3 Å². The number of rotatable bonds is 3. The number of benzene rings is 3. The second-order valence-electron chi connectivity index (χ2n) is 8.82. The van der Waals surface area contributed by atoms with Crippen molar-refractivity contribution in [3.63, 3.8) is 0 Å². The number of imidazole rings is 1. The number of aromatic nitrogens is 5. The number of H-pyrrole nitrogens is 1. The van der Waals surface area contributed by atoms with Gasteiger partial charge >= 0.3 is 0 Å². The number of pyridine rings is 2. The molecule has 6 heteroatoms. The first-order valence-corrected chi connectivity index (χ1v) is 11.8. The molecule has 0 amide bonds. The first-order chi connectivity index (χ1) is 17.7. The molecule has 172 valence electrons. The lowest BCUT2D eigenvalue weighted by Crippen LogP contribution is -2.01. The SMILES string of the molecule is Cc1nc2ccc(-c3cccc4c3[nH]c3ccccc34)c(O)c2n1-c1cccc(-c2ccccn2)n1. The lowest BCUT2D eigenvalue weighted by molar-refractivity contribution is 0.481. The normalized spacial score (nSPS) is 11.6. The Labute approximate surface area is 206 Å². The van der Waals surface area contributed by atoms with Crippen LogP contribution in [0.2, 0.25) is 0 Å². The fourth-order valence-corrected chi connectivity index (χ4v) is 5.07. The summed E-state index contributed by atoms with van der Waals surface area (Å²) in [6.45, 7) is 1.92. The maximum absolute atomic E-state index is 11.7. The number of hydrogen-bond donors (Lipinski definition) is 2. The third-order valence-corrected chi connectivity index (χ3v) is 6.68. The Bertz CT molecular complexity index is 1920. The van der Waals surface area contributed by atoms with Crippen LogP contribution in [0.5, 0.6) is 5.75 Å². The van der Waals surface area contributed by atoms with Crippen molar-refractivity contribution >= 4 is 32.8 Å². The van der Waals surface area contributed by atoms with Crippen LogP contribution in [0, 0.1) is 6.92 Å². The van der Waals surface area contributed by atoms with Crippen molar-refractivity contribution in [1.29, 1.82) is 0 Å². The molecule has 0 atom stereocenters. The topological polar surface area (TPSA) is 79.6 Å². The van der Waals surface area contributed by atoms with Crippen LogP contribution in [-0.4, -0.2) is 29.6 Å². The minimum atomic E-state index is 0.171. The van der Waals surface area contributed by atoms with Gasteiger partial charge < -0.3 is 10.1 Å². The summed E-state index contributed by atoms with van der Waals surface area (Å²) in [5, 5.41) is 13.9. The lowest BCUT2D eigenvalue weighted by atomic mass is 10.0. The van der Waals surface area contributed by atoms with Gasteiger partial charge in [-0.1, -0.05) is 48.5 Å². The monoisotopic (exact) mass is 467 g/mol. The third kappa shape index (κ3) is 3.01. The molecule has 0 aliphatic carbocycles. The summed E-state index contributed by atoms with van der Waals surface area (Å²) >= 11 is 0. The Morgan fingerprint density at radius 2 is 1.53 bits per heavy atom. The van der Waals surface area contributed by atoms with E-state index in [1.54, 1.807) is 6.20 Å². The van der Waals surface area contributed by atoms with Gasteiger partial charge in [0.1, 0.15) is 22.9 Å². The third-order valence-electron chi connectivity index (χ3n) is 6.68. The molecule has 0 aliphatic heterocycles. The largest absolute Gasteiger partial charge is 0.505 e. The summed E-state index contributed by atoms with van der Waals surface area (Å²) in [6.07, 6.45) is 1.75. The van der Waals surface area contributed by atoms with E-state index in [-0.39, 0.29) is 5.75 Å². The Morgan fingerprint density at radius 1 is 0.722 bits per heavy atom. The highest BCUT2D eigenvalue weighted by Gasteiger charge is 2.20. The highest BCUT2D eigenvalue weighted by molar-refractivity contribution is 6.12. The number of aromatic amines is 1. The molecule has 6 nitrogen and oxygen atoms in total. The van der Waals surface area contributed by atoms with E-state index in [0.29, 0.717) is 16.9 Å². The number of para-hydroxylation sites is 2. The van der Waals surface area contributed by atoms with Crippen LogP contribution in [0.25, 0.3) is 61.2 Å². The second kappa shape index (κ2) is 7.78. The molecule has 36 heavy (non-hydrogen) atoms. The van der Waals surface area contributed by atoms with E-state index in [0.717, 1.165) is 50.1 Å². The van der Waals surface area contributed by atoms with Crippen LogP contribution < -0.4 is 0 Å². The van der Waals surface area contributed by atoms with Gasteiger partial charge in [0, 0.05) is 33.6 Å². The first kappa shape index (κ1) is 20.4.